The third-order valence-electron chi connectivity index (χ3n) is 7.97. The zero-order chi connectivity index (χ0) is 30.7. The standard InChI is InChI=1S/2C19H21NO2/c2*1-15-6-5-9-17(12-15)13-18-19(21)20(10-11-22-18)14-16-7-3-2-4-8-16/h2*2-9,12,18H,10-11,13-14H2,1H3. The average molecular weight is 591 g/mol. The van der Waals surface area contributed by atoms with Gasteiger partial charge in [-0.15, -0.1) is 0 Å². The fraction of sp³-hybridized carbons (Fsp3) is 0.316. The fourth-order valence-electron chi connectivity index (χ4n) is 5.70. The molecule has 2 amide bonds. The van der Waals surface area contributed by atoms with E-state index in [0.717, 1.165) is 22.3 Å². The second kappa shape index (κ2) is 15.5. The van der Waals surface area contributed by atoms with Gasteiger partial charge in [0.25, 0.3) is 11.8 Å². The summed E-state index contributed by atoms with van der Waals surface area (Å²) >= 11 is 0. The van der Waals surface area contributed by atoms with E-state index in [-0.39, 0.29) is 24.0 Å². The van der Waals surface area contributed by atoms with Crippen LogP contribution in [0.15, 0.2) is 109 Å². The van der Waals surface area contributed by atoms with Gasteiger partial charge in [-0.3, -0.25) is 9.59 Å². The van der Waals surface area contributed by atoms with Crippen LogP contribution in [0.1, 0.15) is 33.4 Å². The van der Waals surface area contributed by atoms with E-state index in [1.54, 1.807) is 0 Å². The van der Waals surface area contributed by atoms with Crippen LogP contribution in [-0.2, 0) is 45.0 Å². The molecule has 4 aromatic carbocycles. The number of ether oxygens (including phenoxy) is 2. The van der Waals surface area contributed by atoms with Crippen LogP contribution in [0, 0.1) is 13.8 Å². The highest BCUT2D eigenvalue weighted by molar-refractivity contribution is 5.82. The van der Waals surface area contributed by atoms with E-state index in [2.05, 4.69) is 74.5 Å². The van der Waals surface area contributed by atoms with E-state index in [4.69, 9.17) is 9.47 Å². The third-order valence-corrected chi connectivity index (χ3v) is 7.97. The number of hydrogen-bond acceptors (Lipinski definition) is 4. The van der Waals surface area contributed by atoms with Crippen LogP contribution >= 0.6 is 0 Å². The monoisotopic (exact) mass is 590 g/mol. The molecule has 0 saturated carbocycles. The zero-order valence-corrected chi connectivity index (χ0v) is 25.7. The molecule has 228 valence electrons. The predicted molar refractivity (Wildman–Crippen MR) is 173 cm³/mol. The van der Waals surface area contributed by atoms with Crippen LogP contribution in [0.25, 0.3) is 0 Å². The molecule has 2 aliphatic rings. The predicted octanol–water partition coefficient (Wildman–Crippen LogP) is 5.93. The quantitative estimate of drug-likeness (QED) is 0.255. The Bertz CT molecular complexity index is 1390. The number of benzene rings is 4. The number of rotatable bonds is 8. The average Bonchev–Trinajstić information content (AvgIpc) is 3.03. The molecular weight excluding hydrogens is 548 g/mol. The lowest BCUT2D eigenvalue weighted by Gasteiger charge is -2.32. The molecule has 0 N–H and O–H groups in total. The summed E-state index contributed by atoms with van der Waals surface area (Å²) in [5, 5.41) is 0. The Labute approximate surface area is 261 Å². The van der Waals surface area contributed by atoms with E-state index in [0.29, 0.717) is 52.2 Å². The van der Waals surface area contributed by atoms with Gasteiger partial charge in [0, 0.05) is 39.0 Å². The highest BCUT2D eigenvalue weighted by atomic mass is 16.5. The minimum atomic E-state index is -0.362. The van der Waals surface area contributed by atoms with Crippen molar-refractivity contribution in [2.24, 2.45) is 0 Å². The van der Waals surface area contributed by atoms with E-state index >= 15 is 0 Å². The molecule has 2 atom stereocenters. The zero-order valence-electron chi connectivity index (χ0n) is 25.7. The lowest BCUT2D eigenvalue weighted by molar-refractivity contribution is -0.154. The van der Waals surface area contributed by atoms with Gasteiger partial charge in [-0.2, -0.15) is 0 Å². The summed E-state index contributed by atoms with van der Waals surface area (Å²) in [6.07, 6.45) is 0.566. The van der Waals surface area contributed by atoms with Crippen molar-refractivity contribution in [1.29, 1.82) is 0 Å². The Kier molecular flexibility index (Phi) is 11.0. The Morgan fingerprint density at radius 1 is 0.545 bits per heavy atom. The minimum Gasteiger partial charge on any atom is -0.366 e. The maximum atomic E-state index is 12.6. The normalized spacial score (nSPS) is 18.5. The Morgan fingerprint density at radius 2 is 0.932 bits per heavy atom. The van der Waals surface area contributed by atoms with Crippen molar-refractivity contribution in [2.75, 3.05) is 26.3 Å². The first-order valence-corrected chi connectivity index (χ1v) is 15.4. The van der Waals surface area contributed by atoms with Crippen LogP contribution in [0.4, 0.5) is 0 Å². The van der Waals surface area contributed by atoms with Gasteiger partial charge in [0.05, 0.1) is 13.2 Å². The largest absolute Gasteiger partial charge is 0.366 e. The summed E-state index contributed by atoms with van der Waals surface area (Å²) in [4.78, 5) is 29.0. The summed E-state index contributed by atoms with van der Waals surface area (Å²) < 4.78 is 11.4. The molecule has 0 bridgehead atoms. The first-order valence-electron chi connectivity index (χ1n) is 15.4. The molecule has 0 radical (unpaired) electrons. The number of aryl methyl sites for hydroxylation is 2. The number of morpholine rings is 2. The SMILES string of the molecule is Cc1cccc(CC2OCCN(Cc3ccccc3)C2=O)c1.Cc1cccc(CC2OCCN(Cc3ccccc3)C2=O)c1. The summed E-state index contributed by atoms with van der Waals surface area (Å²) in [7, 11) is 0. The van der Waals surface area contributed by atoms with Crippen LogP contribution in [0.5, 0.6) is 0 Å². The van der Waals surface area contributed by atoms with Crippen molar-refractivity contribution >= 4 is 11.8 Å². The third kappa shape index (κ3) is 8.88. The van der Waals surface area contributed by atoms with Crippen molar-refractivity contribution in [1.82, 2.24) is 9.80 Å². The van der Waals surface area contributed by atoms with Gasteiger partial charge in [0.2, 0.25) is 0 Å². The minimum absolute atomic E-state index is 0.0941. The van der Waals surface area contributed by atoms with Crippen molar-refractivity contribution in [2.45, 2.75) is 52.0 Å². The van der Waals surface area contributed by atoms with Crippen molar-refractivity contribution in [3.63, 3.8) is 0 Å². The molecule has 2 unspecified atom stereocenters. The van der Waals surface area contributed by atoms with E-state index < -0.39 is 0 Å². The van der Waals surface area contributed by atoms with Gasteiger partial charge in [0.1, 0.15) is 12.2 Å². The molecule has 4 aromatic rings. The first-order chi connectivity index (χ1) is 21.4. The molecular formula is C38H42N2O4. The lowest BCUT2D eigenvalue weighted by Crippen LogP contribution is -2.48. The number of nitrogens with zero attached hydrogens (tertiary/aromatic N) is 2. The van der Waals surface area contributed by atoms with Crippen LogP contribution < -0.4 is 0 Å². The van der Waals surface area contributed by atoms with Crippen LogP contribution in [-0.4, -0.2) is 60.1 Å². The topological polar surface area (TPSA) is 59.1 Å². The Morgan fingerprint density at radius 3 is 1.32 bits per heavy atom. The van der Waals surface area contributed by atoms with E-state index in [9.17, 15) is 9.59 Å². The molecule has 0 aliphatic carbocycles. The van der Waals surface area contributed by atoms with Gasteiger partial charge in [-0.1, -0.05) is 120 Å². The first kappa shape index (κ1) is 31.2. The molecule has 0 spiro atoms. The highest BCUT2D eigenvalue weighted by Crippen LogP contribution is 2.18. The van der Waals surface area contributed by atoms with Crippen LogP contribution in [0.2, 0.25) is 0 Å². The molecule has 2 heterocycles. The van der Waals surface area contributed by atoms with Gasteiger partial charge in [-0.25, -0.2) is 0 Å². The maximum Gasteiger partial charge on any atom is 0.252 e. The molecule has 44 heavy (non-hydrogen) atoms. The summed E-state index contributed by atoms with van der Waals surface area (Å²) in [6, 6.07) is 36.7. The van der Waals surface area contributed by atoms with Gasteiger partial charge < -0.3 is 19.3 Å². The van der Waals surface area contributed by atoms with Crippen LogP contribution in [0.3, 0.4) is 0 Å². The summed E-state index contributed by atoms with van der Waals surface area (Å²) in [5.41, 5.74) is 7.04. The molecule has 2 aliphatic heterocycles. The molecule has 6 rings (SSSR count). The lowest BCUT2D eigenvalue weighted by atomic mass is 10.0. The van der Waals surface area contributed by atoms with Gasteiger partial charge in [-0.05, 0) is 36.1 Å². The number of hydrogen-bond donors (Lipinski definition) is 0. The van der Waals surface area contributed by atoms with Gasteiger partial charge >= 0.3 is 0 Å². The van der Waals surface area contributed by atoms with Crippen molar-refractivity contribution < 1.29 is 19.1 Å². The Balaban J connectivity index is 0.000000175. The van der Waals surface area contributed by atoms with Crippen molar-refractivity contribution in [3.8, 4) is 0 Å². The number of amides is 2. The Hall–Kier alpha value is -4.26. The molecule has 6 heteroatoms. The van der Waals surface area contributed by atoms with Gasteiger partial charge in [0.15, 0.2) is 0 Å². The molecule has 0 aromatic heterocycles. The van der Waals surface area contributed by atoms with E-state index in [1.807, 2.05) is 58.3 Å². The maximum absolute atomic E-state index is 12.6. The highest BCUT2D eigenvalue weighted by Gasteiger charge is 2.30. The summed E-state index contributed by atoms with van der Waals surface area (Å²) in [5.74, 6) is 0.188. The van der Waals surface area contributed by atoms with E-state index in [1.165, 1.54) is 11.1 Å². The number of carbonyl (C=O) groups excluding carboxylic acids is 2. The fourth-order valence-corrected chi connectivity index (χ4v) is 5.70. The second-order valence-electron chi connectivity index (χ2n) is 11.6. The summed E-state index contributed by atoms with van der Waals surface area (Å²) in [6.45, 7) is 7.99. The second-order valence-corrected chi connectivity index (χ2v) is 11.6. The molecule has 2 saturated heterocycles. The molecule has 2 fully saturated rings. The van der Waals surface area contributed by atoms with Crippen molar-refractivity contribution in [3.05, 3.63) is 143 Å². The molecule has 6 nitrogen and oxygen atoms in total. The smallest absolute Gasteiger partial charge is 0.252 e. The number of carbonyl (C=O) groups is 2.